The lowest BCUT2D eigenvalue weighted by Crippen LogP contribution is -2.43. The van der Waals surface area contributed by atoms with Gasteiger partial charge in [0.15, 0.2) is 0 Å². The van der Waals surface area contributed by atoms with Crippen LogP contribution >= 0.6 is 23.4 Å². The van der Waals surface area contributed by atoms with Crippen LogP contribution in [0.2, 0.25) is 0 Å². The predicted molar refractivity (Wildman–Crippen MR) is 58.8 cm³/mol. The van der Waals surface area contributed by atoms with Gasteiger partial charge in [-0.1, -0.05) is 0 Å². The highest BCUT2D eigenvalue weighted by Crippen LogP contribution is 2.26. The van der Waals surface area contributed by atoms with E-state index in [2.05, 4.69) is 0 Å². The number of alkyl halides is 4. The monoisotopic (exact) mass is 275 g/mol. The first-order valence-corrected chi connectivity index (χ1v) is 6.62. The second-order valence-corrected chi connectivity index (χ2v) is 5.15. The summed E-state index contributed by atoms with van der Waals surface area (Å²) < 4.78 is 36.7. The molecule has 94 valence electrons. The van der Waals surface area contributed by atoms with Crippen LogP contribution in [0.25, 0.3) is 0 Å². The van der Waals surface area contributed by atoms with Crippen molar-refractivity contribution < 1.29 is 18.0 Å². The molecular formula is C9H13ClF3NOS. The van der Waals surface area contributed by atoms with Crippen molar-refractivity contribution in [2.75, 3.05) is 30.5 Å². The van der Waals surface area contributed by atoms with E-state index in [0.717, 1.165) is 10.7 Å². The third kappa shape index (κ3) is 4.41. The molecule has 1 rings (SSSR count). The number of hydrogen-bond donors (Lipinski definition) is 0. The molecule has 0 aliphatic carbocycles. The molecule has 7 heteroatoms. The lowest BCUT2D eigenvalue weighted by Gasteiger charge is -2.25. The third-order valence-corrected chi connectivity index (χ3v) is 3.65. The first-order valence-electron chi connectivity index (χ1n) is 4.93. The normalized spacial score (nSPS) is 21.1. The Kier molecular flexibility index (Phi) is 5.24. The summed E-state index contributed by atoms with van der Waals surface area (Å²) in [4.78, 5) is 12.6. The Labute approximate surface area is 101 Å². The number of carbonyl (C=O) groups is 1. The zero-order valence-corrected chi connectivity index (χ0v) is 10.2. The molecule has 0 N–H and O–H groups in total. The second kappa shape index (κ2) is 6.00. The van der Waals surface area contributed by atoms with E-state index in [1.807, 2.05) is 0 Å². The Bertz CT molecular complexity index is 243. The molecule has 1 amide bonds. The topological polar surface area (TPSA) is 20.3 Å². The molecule has 1 heterocycles. The van der Waals surface area contributed by atoms with E-state index < -0.39 is 18.6 Å². The maximum absolute atomic E-state index is 12.2. The highest BCUT2D eigenvalue weighted by Gasteiger charge is 2.35. The maximum Gasteiger partial charge on any atom is 0.406 e. The van der Waals surface area contributed by atoms with Gasteiger partial charge in [-0.15, -0.1) is 11.6 Å². The number of hydrogen-bond acceptors (Lipinski definition) is 2. The first kappa shape index (κ1) is 14.0. The van der Waals surface area contributed by atoms with E-state index in [-0.39, 0.29) is 18.3 Å². The predicted octanol–water partition coefficient (Wildman–Crippen LogP) is 2.37. The summed E-state index contributed by atoms with van der Waals surface area (Å²) >= 11 is 7.01. The van der Waals surface area contributed by atoms with Crippen LogP contribution in [0.15, 0.2) is 0 Å². The van der Waals surface area contributed by atoms with Gasteiger partial charge in [0.2, 0.25) is 5.91 Å². The molecule has 0 radical (unpaired) electrons. The molecule has 0 spiro atoms. The van der Waals surface area contributed by atoms with E-state index in [9.17, 15) is 18.0 Å². The zero-order chi connectivity index (χ0) is 12.2. The summed E-state index contributed by atoms with van der Waals surface area (Å²) in [6.45, 7) is -1.24. The van der Waals surface area contributed by atoms with Gasteiger partial charge in [-0.25, -0.2) is 0 Å². The van der Waals surface area contributed by atoms with Crippen LogP contribution in [0.4, 0.5) is 13.2 Å². The molecule has 0 saturated carbocycles. The molecule has 1 aliphatic heterocycles. The molecule has 1 saturated heterocycles. The van der Waals surface area contributed by atoms with Crippen molar-refractivity contribution in [3.05, 3.63) is 0 Å². The van der Waals surface area contributed by atoms with Crippen LogP contribution in [0.3, 0.4) is 0 Å². The van der Waals surface area contributed by atoms with Gasteiger partial charge >= 0.3 is 6.18 Å². The number of rotatable bonds is 4. The summed E-state index contributed by atoms with van der Waals surface area (Å²) in [5.74, 6) is 0.812. The Hall–Kier alpha value is -0.100. The Morgan fingerprint density at radius 2 is 2.19 bits per heavy atom. The van der Waals surface area contributed by atoms with Crippen molar-refractivity contribution in [2.24, 2.45) is 5.92 Å². The molecule has 2 nitrogen and oxygen atoms in total. The SMILES string of the molecule is O=C(C1CCSC1)N(CCCl)CC(F)(F)F. The molecule has 1 atom stereocenters. The van der Waals surface area contributed by atoms with E-state index in [1.54, 1.807) is 11.8 Å². The number of nitrogens with zero attached hydrogens (tertiary/aromatic N) is 1. The first-order chi connectivity index (χ1) is 7.44. The minimum absolute atomic E-state index is 0.0294. The van der Waals surface area contributed by atoms with Crippen LogP contribution in [0.1, 0.15) is 6.42 Å². The van der Waals surface area contributed by atoms with Crippen LogP contribution in [0.5, 0.6) is 0 Å². The summed E-state index contributed by atoms with van der Waals surface area (Å²) in [6, 6.07) is 0. The lowest BCUT2D eigenvalue weighted by molar-refractivity contribution is -0.162. The van der Waals surface area contributed by atoms with Crippen molar-refractivity contribution in [1.29, 1.82) is 0 Å². The number of halogens is 4. The molecule has 1 unspecified atom stereocenters. The summed E-state index contributed by atoms with van der Waals surface area (Å²) in [5, 5.41) is 0. The molecule has 1 aliphatic rings. The highest BCUT2D eigenvalue weighted by molar-refractivity contribution is 7.99. The van der Waals surface area contributed by atoms with E-state index in [4.69, 9.17) is 11.6 Å². The number of carbonyl (C=O) groups excluding carboxylic acids is 1. The van der Waals surface area contributed by atoms with Gasteiger partial charge in [0.05, 0.1) is 0 Å². The largest absolute Gasteiger partial charge is 0.406 e. The molecule has 0 aromatic carbocycles. The highest BCUT2D eigenvalue weighted by atomic mass is 35.5. The average molecular weight is 276 g/mol. The minimum Gasteiger partial charge on any atom is -0.332 e. The van der Waals surface area contributed by atoms with Gasteiger partial charge in [0.25, 0.3) is 0 Å². The van der Waals surface area contributed by atoms with Gasteiger partial charge in [-0.3, -0.25) is 4.79 Å². The van der Waals surface area contributed by atoms with Crippen LogP contribution in [0, 0.1) is 5.92 Å². The second-order valence-electron chi connectivity index (χ2n) is 3.62. The Morgan fingerprint density at radius 3 is 2.62 bits per heavy atom. The van der Waals surface area contributed by atoms with Crippen LogP contribution in [-0.2, 0) is 4.79 Å². The van der Waals surface area contributed by atoms with Crippen LogP contribution < -0.4 is 0 Å². The van der Waals surface area contributed by atoms with Crippen LogP contribution in [-0.4, -0.2) is 47.5 Å². The summed E-state index contributed by atoms with van der Waals surface area (Å²) in [7, 11) is 0. The average Bonchev–Trinajstić information content (AvgIpc) is 2.66. The smallest absolute Gasteiger partial charge is 0.332 e. The van der Waals surface area contributed by atoms with E-state index in [0.29, 0.717) is 12.2 Å². The third-order valence-electron chi connectivity index (χ3n) is 2.32. The molecule has 0 aromatic rings. The van der Waals surface area contributed by atoms with E-state index in [1.165, 1.54) is 0 Å². The van der Waals surface area contributed by atoms with Gasteiger partial charge in [0, 0.05) is 24.1 Å². The van der Waals surface area contributed by atoms with Crippen molar-refractivity contribution in [1.82, 2.24) is 4.90 Å². The minimum atomic E-state index is -4.35. The fourth-order valence-electron chi connectivity index (χ4n) is 1.57. The molecule has 1 fully saturated rings. The number of amides is 1. The zero-order valence-electron chi connectivity index (χ0n) is 8.60. The summed E-state index contributed by atoms with van der Waals surface area (Å²) in [6.07, 6.45) is -3.69. The standard InChI is InChI=1S/C9H13ClF3NOS/c10-2-3-14(6-9(11,12)13)8(15)7-1-4-16-5-7/h7H,1-6H2. The van der Waals surface area contributed by atoms with E-state index >= 15 is 0 Å². The van der Waals surface area contributed by atoms with Gasteiger partial charge < -0.3 is 4.90 Å². The summed E-state index contributed by atoms with van der Waals surface area (Å²) in [5.41, 5.74) is 0. The van der Waals surface area contributed by atoms with Crippen molar-refractivity contribution in [2.45, 2.75) is 12.6 Å². The lowest BCUT2D eigenvalue weighted by atomic mass is 10.1. The van der Waals surface area contributed by atoms with Gasteiger partial charge in [-0.05, 0) is 12.2 Å². The molecular weight excluding hydrogens is 263 g/mol. The quantitative estimate of drug-likeness (QED) is 0.734. The van der Waals surface area contributed by atoms with Crippen molar-refractivity contribution >= 4 is 29.3 Å². The fraction of sp³-hybridized carbons (Fsp3) is 0.889. The van der Waals surface area contributed by atoms with Crippen molar-refractivity contribution in [3.63, 3.8) is 0 Å². The Balaban J connectivity index is 2.57. The molecule has 0 bridgehead atoms. The van der Waals surface area contributed by atoms with Gasteiger partial charge in [0.1, 0.15) is 6.54 Å². The van der Waals surface area contributed by atoms with Gasteiger partial charge in [-0.2, -0.15) is 24.9 Å². The Morgan fingerprint density at radius 1 is 1.50 bits per heavy atom. The molecule has 0 aromatic heterocycles. The fourth-order valence-corrected chi connectivity index (χ4v) is 2.99. The molecule has 16 heavy (non-hydrogen) atoms. The maximum atomic E-state index is 12.2. The number of thioether (sulfide) groups is 1. The van der Waals surface area contributed by atoms with Crippen molar-refractivity contribution in [3.8, 4) is 0 Å².